The van der Waals surface area contributed by atoms with Gasteiger partial charge in [-0.2, -0.15) is 0 Å². The minimum absolute atomic E-state index is 0.189. The fourth-order valence-corrected chi connectivity index (χ4v) is 0.882. The van der Waals surface area contributed by atoms with Crippen LogP contribution in [-0.4, -0.2) is 19.7 Å². The van der Waals surface area contributed by atoms with Crippen LogP contribution in [0.25, 0.3) is 0 Å². The van der Waals surface area contributed by atoms with Gasteiger partial charge in [0.15, 0.2) is 0 Å². The lowest BCUT2D eigenvalue weighted by Crippen LogP contribution is -2.03. The number of hydrogen-bond acceptors (Lipinski definition) is 5. The highest BCUT2D eigenvalue weighted by molar-refractivity contribution is 5.86. The van der Waals surface area contributed by atoms with E-state index in [-0.39, 0.29) is 5.76 Å². The first kappa shape index (κ1) is 9.76. The molecule has 5 nitrogen and oxygen atoms in total. The molecule has 1 aromatic rings. The second-order valence-corrected chi connectivity index (χ2v) is 2.38. The van der Waals surface area contributed by atoms with Gasteiger partial charge in [-0.1, -0.05) is 0 Å². The molecule has 0 aliphatic carbocycles. The van der Waals surface area contributed by atoms with Crippen molar-refractivity contribution in [2.75, 3.05) is 13.7 Å². The number of esters is 1. The molecule has 0 atom stereocenters. The summed E-state index contributed by atoms with van der Waals surface area (Å²) in [5.41, 5.74) is 0. The molecular formula is C8H11NO4. The van der Waals surface area contributed by atoms with Crippen LogP contribution in [0.5, 0.6) is 0 Å². The van der Waals surface area contributed by atoms with Crippen molar-refractivity contribution in [3.8, 4) is 0 Å². The predicted molar refractivity (Wildman–Crippen MR) is 43.9 cm³/mol. The highest BCUT2D eigenvalue weighted by Gasteiger charge is 2.10. The van der Waals surface area contributed by atoms with E-state index in [0.717, 1.165) is 0 Å². The Bertz CT molecular complexity index is 281. The summed E-state index contributed by atoms with van der Waals surface area (Å²) in [5, 5.41) is 0. The van der Waals surface area contributed by atoms with E-state index >= 15 is 0 Å². The van der Waals surface area contributed by atoms with Crippen molar-refractivity contribution >= 4 is 5.97 Å². The third kappa shape index (κ3) is 2.57. The Kier molecular flexibility index (Phi) is 3.48. The van der Waals surface area contributed by atoms with Crippen LogP contribution in [0, 0.1) is 0 Å². The number of methoxy groups -OCH3 is 1. The van der Waals surface area contributed by atoms with Gasteiger partial charge in [0.25, 0.3) is 0 Å². The highest BCUT2D eigenvalue weighted by atomic mass is 16.6. The molecular weight excluding hydrogens is 174 g/mol. The Hall–Kier alpha value is -1.33. The summed E-state index contributed by atoms with van der Waals surface area (Å²) in [5.74, 6) is 5.18. The van der Waals surface area contributed by atoms with Crippen LogP contribution in [0.2, 0.25) is 0 Å². The summed E-state index contributed by atoms with van der Waals surface area (Å²) in [6, 6.07) is 3.24. The number of carbonyl (C=O) groups excluding carboxylic acids is 1. The average molecular weight is 185 g/mol. The lowest BCUT2D eigenvalue weighted by Gasteiger charge is -1.95. The SMILES string of the molecule is COC(=O)c1ccc(CCON)o1. The minimum atomic E-state index is -0.486. The predicted octanol–water partition coefficient (Wildman–Crippen LogP) is 0.499. The average Bonchev–Trinajstić information content (AvgIpc) is 2.62. The monoisotopic (exact) mass is 185 g/mol. The summed E-state index contributed by atoms with van der Waals surface area (Å²) >= 11 is 0. The molecule has 2 N–H and O–H groups in total. The van der Waals surface area contributed by atoms with Crippen LogP contribution in [0.3, 0.4) is 0 Å². The molecule has 72 valence electrons. The van der Waals surface area contributed by atoms with E-state index in [9.17, 15) is 4.79 Å². The maximum Gasteiger partial charge on any atom is 0.373 e. The molecule has 0 aliphatic heterocycles. The summed E-state index contributed by atoms with van der Waals surface area (Å²) in [4.78, 5) is 15.3. The first-order chi connectivity index (χ1) is 6.27. The van der Waals surface area contributed by atoms with Crippen molar-refractivity contribution in [1.82, 2.24) is 0 Å². The van der Waals surface area contributed by atoms with Gasteiger partial charge in [0.2, 0.25) is 5.76 Å². The Labute approximate surface area is 75.4 Å². The van der Waals surface area contributed by atoms with Crippen molar-refractivity contribution in [3.63, 3.8) is 0 Å². The molecule has 1 aromatic heterocycles. The summed E-state index contributed by atoms with van der Waals surface area (Å²) in [7, 11) is 1.30. The number of furan rings is 1. The largest absolute Gasteiger partial charge is 0.463 e. The topological polar surface area (TPSA) is 74.7 Å². The van der Waals surface area contributed by atoms with Gasteiger partial charge in [-0.05, 0) is 12.1 Å². The fourth-order valence-electron chi connectivity index (χ4n) is 0.882. The van der Waals surface area contributed by atoms with Crippen molar-refractivity contribution in [1.29, 1.82) is 0 Å². The van der Waals surface area contributed by atoms with Crippen molar-refractivity contribution in [3.05, 3.63) is 23.7 Å². The Morgan fingerprint density at radius 1 is 1.62 bits per heavy atom. The third-order valence-corrected chi connectivity index (χ3v) is 1.51. The first-order valence-electron chi connectivity index (χ1n) is 3.76. The quantitative estimate of drug-likeness (QED) is 0.546. The van der Waals surface area contributed by atoms with Crippen LogP contribution >= 0.6 is 0 Å². The number of ether oxygens (including phenoxy) is 1. The van der Waals surface area contributed by atoms with Crippen LogP contribution in [-0.2, 0) is 16.0 Å². The molecule has 0 saturated carbocycles. The molecule has 0 unspecified atom stereocenters. The Morgan fingerprint density at radius 2 is 2.38 bits per heavy atom. The zero-order valence-electron chi connectivity index (χ0n) is 7.28. The zero-order chi connectivity index (χ0) is 9.68. The molecule has 0 aliphatic rings. The van der Waals surface area contributed by atoms with Crippen molar-refractivity contribution in [2.24, 2.45) is 5.90 Å². The fraction of sp³-hybridized carbons (Fsp3) is 0.375. The second-order valence-electron chi connectivity index (χ2n) is 2.38. The van der Waals surface area contributed by atoms with Crippen LogP contribution in [0.15, 0.2) is 16.5 Å². The first-order valence-corrected chi connectivity index (χ1v) is 3.76. The smallest absolute Gasteiger partial charge is 0.373 e. The van der Waals surface area contributed by atoms with Gasteiger partial charge >= 0.3 is 5.97 Å². The summed E-state index contributed by atoms with van der Waals surface area (Å²) < 4.78 is 9.59. The molecule has 1 rings (SSSR count). The standard InChI is InChI=1S/C8H11NO4/c1-11-8(10)7-3-2-6(13-7)4-5-12-9/h2-3H,4-5,9H2,1H3. The van der Waals surface area contributed by atoms with Gasteiger partial charge < -0.3 is 14.0 Å². The molecule has 0 amide bonds. The molecule has 0 fully saturated rings. The highest BCUT2D eigenvalue weighted by Crippen LogP contribution is 2.09. The van der Waals surface area contributed by atoms with Crippen molar-refractivity contribution < 1.29 is 18.8 Å². The number of rotatable bonds is 4. The van der Waals surface area contributed by atoms with E-state index in [1.54, 1.807) is 12.1 Å². The Balaban J connectivity index is 2.58. The van der Waals surface area contributed by atoms with Crippen LogP contribution in [0.1, 0.15) is 16.3 Å². The zero-order valence-corrected chi connectivity index (χ0v) is 7.28. The van der Waals surface area contributed by atoms with Crippen molar-refractivity contribution in [2.45, 2.75) is 6.42 Å². The maximum absolute atomic E-state index is 10.9. The number of nitrogens with two attached hydrogens (primary N) is 1. The molecule has 0 spiro atoms. The van der Waals surface area contributed by atoms with Gasteiger partial charge in [0, 0.05) is 6.42 Å². The van der Waals surface area contributed by atoms with Gasteiger partial charge in [-0.25, -0.2) is 10.7 Å². The number of carbonyl (C=O) groups is 1. The van der Waals surface area contributed by atoms with E-state index in [1.807, 2.05) is 0 Å². The lowest BCUT2D eigenvalue weighted by molar-refractivity contribution is 0.0561. The van der Waals surface area contributed by atoms with E-state index in [2.05, 4.69) is 9.57 Å². The van der Waals surface area contributed by atoms with Crippen LogP contribution < -0.4 is 5.90 Å². The molecule has 0 radical (unpaired) electrons. The lowest BCUT2D eigenvalue weighted by atomic mass is 10.3. The normalized spacial score (nSPS) is 10.0. The third-order valence-electron chi connectivity index (χ3n) is 1.51. The molecule has 0 aromatic carbocycles. The Morgan fingerprint density at radius 3 is 3.00 bits per heavy atom. The van der Waals surface area contributed by atoms with Gasteiger partial charge in [-0.3, -0.25) is 0 Å². The summed E-state index contributed by atoms with van der Waals surface area (Å²) in [6.45, 7) is 0.355. The van der Waals surface area contributed by atoms with Crippen LogP contribution in [0.4, 0.5) is 0 Å². The molecule has 0 saturated heterocycles. The van der Waals surface area contributed by atoms with Gasteiger partial charge in [0.1, 0.15) is 5.76 Å². The minimum Gasteiger partial charge on any atom is -0.463 e. The van der Waals surface area contributed by atoms with Gasteiger partial charge in [0.05, 0.1) is 13.7 Å². The maximum atomic E-state index is 10.9. The second kappa shape index (κ2) is 4.64. The van der Waals surface area contributed by atoms with E-state index < -0.39 is 5.97 Å². The number of hydrogen-bond donors (Lipinski definition) is 1. The molecule has 5 heteroatoms. The summed E-state index contributed by atoms with van der Waals surface area (Å²) in [6.07, 6.45) is 0.535. The van der Waals surface area contributed by atoms with E-state index in [0.29, 0.717) is 18.8 Å². The molecule has 13 heavy (non-hydrogen) atoms. The molecule has 1 heterocycles. The van der Waals surface area contributed by atoms with E-state index in [1.165, 1.54) is 7.11 Å². The van der Waals surface area contributed by atoms with E-state index in [4.69, 9.17) is 10.3 Å². The molecule has 0 bridgehead atoms. The van der Waals surface area contributed by atoms with Gasteiger partial charge in [-0.15, -0.1) is 0 Å².